The zero-order valence-corrected chi connectivity index (χ0v) is 20.0. The SMILES string of the molecule is CC1(C)CC(=O)N(CCC(Oc2cccc(I)c2)c2ccc(F)cc2Br)C(=O)C1. The highest BCUT2D eigenvalue weighted by molar-refractivity contribution is 14.1. The largest absolute Gasteiger partial charge is 0.486 e. The predicted molar refractivity (Wildman–Crippen MR) is 121 cm³/mol. The molecule has 1 aliphatic rings. The first kappa shape index (κ1) is 22.2. The lowest BCUT2D eigenvalue weighted by atomic mass is 9.81. The highest BCUT2D eigenvalue weighted by Gasteiger charge is 2.37. The van der Waals surface area contributed by atoms with Crippen LogP contribution in [0.15, 0.2) is 46.9 Å². The molecule has 0 bridgehead atoms. The Hall–Kier alpha value is -1.48. The van der Waals surface area contributed by atoms with E-state index in [1.54, 1.807) is 6.07 Å². The molecule has 1 saturated heterocycles. The molecule has 154 valence electrons. The highest BCUT2D eigenvalue weighted by Crippen LogP contribution is 2.34. The van der Waals surface area contributed by atoms with Gasteiger partial charge in [-0.2, -0.15) is 0 Å². The summed E-state index contributed by atoms with van der Waals surface area (Å²) in [5.41, 5.74) is 0.462. The van der Waals surface area contributed by atoms with Crippen LogP contribution in [-0.4, -0.2) is 23.3 Å². The number of halogens is 3. The quantitative estimate of drug-likeness (QED) is 0.320. The second-order valence-corrected chi connectivity index (χ2v) is 10.1. The summed E-state index contributed by atoms with van der Waals surface area (Å²) < 4.78 is 21.4. The number of likely N-dealkylation sites (tertiary alicyclic amines) is 1. The molecule has 3 rings (SSSR count). The Bertz CT molecular complexity index is 914. The summed E-state index contributed by atoms with van der Waals surface area (Å²) in [7, 11) is 0. The lowest BCUT2D eigenvalue weighted by Gasteiger charge is -2.35. The van der Waals surface area contributed by atoms with Crippen LogP contribution in [0.5, 0.6) is 5.75 Å². The maximum atomic E-state index is 13.6. The summed E-state index contributed by atoms with van der Waals surface area (Å²) >= 11 is 5.62. The van der Waals surface area contributed by atoms with Crippen LogP contribution >= 0.6 is 38.5 Å². The minimum atomic E-state index is -0.446. The van der Waals surface area contributed by atoms with Gasteiger partial charge in [0.2, 0.25) is 11.8 Å². The normalized spacial score (nSPS) is 17.3. The molecule has 2 aromatic rings. The summed E-state index contributed by atoms with van der Waals surface area (Å²) in [6.07, 6.45) is 0.662. The van der Waals surface area contributed by atoms with Gasteiger partial charge in [0.1, 0.15) is 17.7 Å². The fraction of sp³-hybridized carbons (Fsp3) is 0.364. The number of hydrogen-bond acceptors (Lipinski definition) is 3. The number of piperidine rings is 1. The minimum Gasteiger partial charge on any atom is -0.486 e. The Morgan fingerprint density at radius 1 is 1.17 bits per heavy atom. The van der Waals surface area contributed by atoms with Crippen molar-refractivity contribution >= 4 is 50.3 Å². The maximum absolute atomic E-state index is 13.6. The van der Waals surface area contributed by atoms with E-state index >= 15 is 0 Å². The van der Waals surface area contributed by atoms with Gasteiger partial charge in [-0.1, -0.05) is 41.9 Å². The van der Waals surface area contributed by atoms with Gasteiger partial charge in [0.15, 0.2) is 0 Å². The molecule has 2 aromatic carbocycles. The van der Waals surface area contributed by atoms with Crippen LogP contribution in [0.1, 0.15) is 44.8 Å². The number of carbonyl (C=O) groups is 2. The lowest BCUT2D eigenvalue weighted by Crippen LogP contribution is -2.46. The van der Waals surface area contributed by atoms with E-state index in [0.717, 1.165) is 9.13 Å². The third kappa shape index (κ3) is 5.78. The number of ether oxygens (including phenoxy) is 1. The standard InChI is InChI=1S/C22H22BrFINO3/c1-22(2)12-20(27)26(21(28)13-22)9-8-19(17-7-6-14(24)10-18(17)23)29-16-5-3-4-15(25)11-16/h3-7,10-11,19H,8-9,12-13H2,1-2H3. The number of nitrogens with zero attached hydrogens (tertiary/aromatic N) is 1. The zero-order chi connectivity index (χ0) is 21.2. The van der Waals surface area contributed by atoms with E-state index < -0.39 is 6.10 Å². The molecule has 0 aromatic heterocycles. The van der Waals surface area contributed by atoms with E-state index in [2.05, 4.69) is 38.5 Å². The fourth-order valence-corrected chi connectivity index (χ4v) is 4.57. The monoisotopic (exact) mass is 573 g/mol. The van der Waals surface area contributed by atoms with Crippen molar-refractivity contribution < 1.29 is 18.7 Å². The molecule has 29 heavy (non-hydrogen) atoms. The van der Waals surface area contributed by atoms with E-state index in [4.69, 9.17) is 4.74 Å². The molecule has 1 atom stereocenters. The summed E-state index contributed by atoms with van der Waals surface area (Å²) in [5.74, 6) is 0.0164. The van der Waals surface area contributed by atoms with Crippen LogP contribution in [0.2, 0.25) is 0 Å². The van der Waals surface area contributed by atoms with Crippen molar-refractivity contribution in [2.24, 2.45) is 5.41 Å². The van der Waals surface area contributed by atoms with Gasteiger partial charge < -0.3 is 4.74 Å². The van der Waals surface area contributed by atoms with Gasteiger partial charge in [-0.15, -0.1) is 0 Å². The van der Waals surface area contributed by atoms with Crippen LogP contribution in [0.25, 0.3) is 0 Å². The molecule has 4 nitrogen and oxygen atoms in total. The van der Waals surface area contributed by atoms with Crippen LogP contribution < -0.4 is 4.74 Å². The molecule has 1 heterocycles. The topological polar surface area (TPSA) is 46.6 Å². The van der Waals surface area contributed by atoms with Gasteiger partial charge in [0.05, 0.1) is 0 Å². The number of amides is 2. The van der Waals surface area contributed by atoms with Crippen molar-refractivity contribution in [3.05, 3.63) is 61.9 Å². The first-order valence-electron chi connectivity index (χ1n) is 9.35. The minimum absolute atomic E-state index is 0.155. The van der Waals surface area contributed by atoms with E-state index in [1.807, 2.05) is 38.1 Å². The Balaban J connectivity index is 1.81. The van der Waals surface area contributed by atoms with Gasteiger partial charge >= 0.3 is 0 Å². The molecule has 1 aliphatic heterocycles. The van der Waals surface area contributed by atoms with Gasteiger partial charge in [0.25, 0.3) is 0 Å². The maximum Gasteiger partial charge on any atom is 0.229 e. The Morgan fingerprint density at radius 3 is 2.48 bits per heavy atom. The van der Waals surface area contributed by atoms with E-state index in [0.29, 0.717) is 29.5 Å². The number of carbonyl (C=O) groups excluding carboxylic acids is 2. The average Bonchev–Trinajstić information content (AvgIpc) is 2.59. The molecule has 0 spiro atoms. The predicted octanol–water partition coefficient (Wildman–Crippen LogP) is 5.88. The van der Waals surface area contributed by atoms with Gasteiger partial charge in [0, 0.05) is 39.4 Å². The zero-order valence-electron chi connectivity index (χ0n) is 16.3. The fourth-order valence-electron chi connectivity index (χ4n) is 3.45. The second-order valence-electron chi connectivity index (χ2n) is 7.98. The molecule has 0 saturated carbocycles. The van der Waals surface area contributed by atoms with Gasteiger partial charge in [-0.3, -0.25) is 14.5 Å². The molecular weight excluding hydrogens is 552 g/mol. The highest BCUT2D eigenvalue weighted by atomic mass is 127. The molecular formula is C22H22BrFINO3. The third-order valence-electron chi connectivity index (χ3n) is 4.86. The Kier molecular flexibility index (Phi) is 6.98. The van der Waals surface area contributed by atoms with Crippen LogP contribution in [0.3, 0.4) is 0 Å². The van der Waals surface area contributed by atoms with Crippen molar-refractivity contribution in [2.75, 3.05) is 6.54 Å². The number of hydrogen-bond donors (Lipinski definition) is 0. The molecule has 0 aliphatic carbocycles. The van der Waals surface area contributed by atoms with E-state index in [9.17, 15) is 14.0 Å². The number of rotatable bonds is 6. The van der Waals surface area contributed by atoms with E-state index in [1.165, 1.54) is 17.0 Å². The number of benzene rings is 2. The summed E-state index contributed by atoms with van der Waals surface area (Å²) in [6, 6.07) is 12.1. The Labute approximate surface area is 192 Å². The third-order valence-corrected chi connectivity index (χ3v) is 6.22. The second kappa shape index (κ2) is 9.12. The summed E-state index contributed by atoms with van der Waals surface area (Å²) in [5, 5.41) is 0. The van der Waals surface area contributed by atoms with Crippen molar-refractivity contribution in [3.63, 3.8) is 0 Å². The van der Waals surface area contributed by atoms with Crippen molar-refractivity contribution in [1.29, 1.82) is 0 Å². The van der Waals surface area contributed by atoms with Crippen molar-refractivity contribution in [3.8, 4) is 5.75 Å². The van der Waals surface area contributed by atoms with Crippen LogP contribution in [0, 0.1) is 14.8 Å². The van der Waals surface area contributed by atoms with Crippen molar-refractivity contribution in [1.82, 2.24) is 4.90 Å². The Morgan fingerprint density at radius 2 is 1.86 bits per heavy atom. The molecule has 0 radical (unpaired) electrons. The summed E-state index contributed by atoms with van der Waals surface area (Å²) in [4.78, 5) is 26.3. The summed E-state index contributed by atoms with van der Waals surface area (Å²) in [6.45, 7) is 4.11. The smallest absolute Gasteiger partial charge is 0.229 e. The molecule has 2 amide bonds. The average molecular weight is 574 g/mol. The van der Waals surface area contributed by atoms with Crippen molar-refractivity contribution in [2.45, 2.75) is 39.2 Å². The van der Waals surface area contributed by atoms with Gasteiger partial charge in [-0.25, -0.2) is 4.39 Å². The first-order valence-corrected chi connectivity index (χ1v) is 11.2. The van der Waals surface area contributed by atoms with E-state index in [-0.39, 0.29) is 29.6 Å². The molecule has 1 unspecified atom stereocenters. The molecule has 7 heteroatoms. The first-order chi connectivity index (χ1) is 13.6. The number of imide groups is 1. The molecule has 0 N–H and O–H groups in total. The lowest BCUT2D eigenvalue weighted by molar-refractivity contribution is -0.152. The molecule has 1 fully saturated rings. The van der Waals surface area contributed by atoms with Crippen LogP contribution in [0.4, 0.5) is 4.39 Å². The van der Waals surface area contributed by atoms with Crippen LogP contribution in [-0.2, 0) is 9.59 Å². The van der Waals surface area contributed by atoms with Gasteiger partial charge in [-0.05, 0) is 58.3 Å².